The van der Waals surface area contributed by atoms with Gasteiger partial charge in [-0.15, -0.1) is 0 Å². The van der Waals surface area contributed by atoms with E-state index < -0.39 is 12.0 Å². The molecule has 1 unspecified atom stereocenters. The van der Waals surface area contributed by atoms with Crippen molar-refractivity contribution in [3.05, 3.63) is 65.2 Å². The molecule has 0 bridgehead atoms. The summed E-state index contributed by atoms with van der Waals surface area (Å²) in [4.78, 5) is 11.4. The van der Waals surface area contributed by atoms with Crippen molar-refractivity contribution in [3.8, 4) is 5.75 Å². The Bertz CT molecular complexity index is 611. The number of ether oxygens (including phenoxy) is 1. The number of hydrogen-bond acceptors (Lipinski definition) is 3. The predicted octanol–water partition coefficient (Wildman–Crippen LogP) is 2.92. The second-order valence-corrected chi connectivity index (χ2v) is 4.87. The molecule has 0 aliphatic heterocycles. The smallest absolute Gasteiger partial charge is 0.325 e. The molecule has 0 saturated carbocycles. The Balaban J connectivity index is 2.09. The van der Waals surface area contributed by atoms with Crippen molar-refractivity contribution in [2.24, 2.45) is 0 Å². The summed E-state index contributed by atoms with van der Waals surface area (Å²) in [7, 11) is 1.64. The first-order chi connectivity index (χ1) is 10.1. The fraction of sp³-hybridized carbons (Fsp3) is 0.235. The van der Waals surface area contributed by atoms with Gasteiger partial charge in [0.1, 0.15) is 11.8 Å². The molecule has 21 heavy (non-hydrogen) atoms. The predicted molar refractivity (Wildman–Crippen MR) is 81.4 cm³/mol. The molecular weight excluding hydrogens is 266 g/mol. The SMILES string of the molecule is COc1ccc(CNC(C(=O)O)c2ccccc2)cc1C. The molecule has 0 heterocycles. The van der Waals surface area contributed by atoms with Crippen LogP contribution in [0, 0.1) is 6.92 Å². The van der Waals surface area contributed by atoms with Crippen molar-refractivity contribution in [3.63, 3.8) is 0 Å². The van der Waals surface area contributed by atoms with E-state index in [-0.39, 0.29) is 0 Å². The molecule has 0 amide bonds. The Morgan fingerprint density at radius 3 is 2.52 bits per heavy atom. The molecule has 4 heteroatoms. The Hall–Kier alpha value is -2.33. The molecule has 2 aromatic rings. The van der Waals surface area contributed by atoms with Crippen LogP contribution in [0.2, 0.25) is 0 Å². The van der Waals surface area contributed by atoms with Crippen LogP contribution in [0.15, 0.2) is 48.5 Å². The van der Waals surface area contributed by atoms with Gasteiger partial charge in [-0.25, -0.2) is 0 Å². The van der Waals surface area contributed by atoms with Gasteiger partial charge in [0, 0.05) is 6.54 Å². The standard InChI is InChI=1S/C17H19NO3/c1-12-10-13(8-9-15(12)21-2)11-18-16(17(19)20)14-6-4-3-5-7-14/h3-10,16,18H,11H2,1-2H3,(H,19,20). The van der Waals surface area contributed by atoms with Crippen molar-refractivity contribution in [2.45, 2.75) is 19.5 Å². The quantitative estimate of drug-likeness (QED) is 0.856. The third-order valence-corrected chi connectivity index (χ3v) is 3.35. The number of hydrogen-bond donors (Lipinski definition) is 2. The lowest BCUT2D eigenvalue weighted by Gasteiger charge is -2.15. The first-order valence-corrected chi connectivity index (χ1v) is 6.76. The number of carboxylic acid groups (broad SMARTS) is 1. The Kier molecular flexibility index (Phi) is 4.95. The van der Waals surface area contributed by atoms with Gasteiger partial charge in [0.25, 0.3) is 0 Å². The van der Waals surface area contributed by atoms with Gasteiger partial charge >= 0.3 is 5.97 Å². The fourth-order valence-corrected chi connectivity index (χ4v) is 2.26. The molecule has 110 valence electrons. The van der Waals surface area contributed by atoms with Gasteiger partial charge in [-0.3, -0.25) is 10.1 Å². The molecule has 2 rings (SSSR count). The average molecular weight is 285 g/mol. The third kappa shape index (κ3) is 3.83. The van der Waals surface area contributed by atoms with E-state index in [4.69, 9.17) is 4.74 Å². The van der Waals surface area contributed by atoms with Crippen LogP contribution in [-0.4, -0.2) is 18.2 Å². The molecule has 4 nitrogen and oxygen atoms in total. The van der Waals surface area contributed by atoms with Crippen LogP contribution in [-0.2, 0) is 11.3 Å². The highest BCUT2D eigenvalue weighted by Gasteiger charge is 2.18. The first-order valence-electron chi connectivity index (χ1n) is 6.76. The van der Waals surface area contributed by atoms with E-state index in [1.54, 1.807) is 7.11 Å². The van der Waals surface area contributed by atoms with E-state index >= 15 is 0 Å². The Labute approximate surface area is 124 Å². The van der Waals surface area contributed by atoms with Gasteiger partial charge in [-0.2, -0.15) is 0 Å². The van der Waals surface area contributed by atoms with Gasteiger partial charge in [-0.05, 0) is 29.7 Å². The lowest BCUT2D eigenvalue weighted by Crippen LogP contribution is -2.28. The second kappa shape index (κ2) is 6.90. The summed E-state index contributed by atoms with van der Waals surface area (Å²) >= 11 is 0. The van der Waals surface area contributed by atoms with E-state index in [1.807, 2.05) is 55.5 Å². The minimum atomic E-state index is -0.883. The highest BCUT2D eigenvalue weighted by atomic mass is 16.5. The van der Waals surface area contributed by atoms with Crippen LogP contribution in [0.1, 0.15) is 22.7 Å². The van der Waals surface area contributed by atoms with Gasteiger partial charge in [0.05, 0.1) is 7.11 Å². The summed E-state index contributed by atoms with van der Waals surface area (Å²) < 4.78 is 5.22. The van der Waals surface area contributed by atoms with E-state index in [2.05, 4.69) is 5.32 Å². The molecule has 0 fully saturated rings. The molecule has 0 aliphatic rings. The van der Waals surface area contributed by atoms with Crippen molar-refractivity contribution in [2.75, 3.05) is 7.11 Å². The second-order valence-electron chi connectivity index (χ2n) is 4.87. The number of benzene rings is 2. The summed E-state index contributed by atoms with van der Waals surface area (Å²) in [5.41, 5.74) is 2.80. The summed E-state index contributed by atoms with van der Waals surface area (Å²) in [5, 5.41) is 12.4. The van der Waals surface area contributed by atoms with E-state index in [0.29, 0.717) is 6.54 Å². The van der Waals surface area contributed by atoms with Crippen LogP contribution < -0.4 is 10.1 Å². The molecule has 0 aliphatic carbocycles. The number of aryl methyl sites for hydroxylation is 1. The van der Waals surface area contributed by atoms with Gasteiger partial charge in [0.2, 0.25) is 0 Å². The van der Waals surface area contributed by atoms with Crippen LogP contribution in [0.25, 0.3) is 0 Å². The zero-order valence-electron chi connectivity index (χ0n) is 12.2. The van der Waals surface area contributed by atoms with Crippen LogP contribution in [0.5, 0.6) is 5.75 Å². The minimum absolute atomic E-state index is 0.483. The zero-order chi connectivity index (χ0) is 15.2. The van der Waals surface area contributed by atoms with Crippen LogP contribution in [0.4, 0.5) is 0 Å². The number of carboxylic acids is 1. The number of nitrogens with one attached hydrogen (secondary N) is 1. The van der Waals surface area contributed by atoms with E-state index in [1.165, 1.54) is 0 Å². The number of methoxy groups -OCH3 is 1. The average Bonchev–Trinajstić information content (AvgIpc) is 2.48. The van der Waals surface area contributed by atoms with Gasteiger partial charge < -0.3 is 9.84 Å². The lowest BCUT2D eigenvalue weighted by molar-refractivity contribution is -0.139. The maximum atomic E-state index is 11.4. The maximum Gasteiger partial charge on any atom is 0.325 e. The normalized spacial score (nSPS) is 11.9. The highest BCUT2D eigenvalue weighted by Crippen LogP contribution is 2.19. The Morgan fingerprint density at radius 1 is 1.24 bits per heavy atom. The number of rotatable bonds is 6. The Morgan fingerprint density at radius 2 is 1.95 bits per heavy atom. The largest absolute Gasteiger partial charge is 0.496 e. The summed E-state index contributed by atoms with van der Waals surface area (Å²) in [6, 6.07) is 14.3. The minimum Gasteiger partial charge on any atom is -0.496 e. The fourth-order valence-electron chi connectivity index (χ4n) is 2.26. The van der Waals surface area contributed by atoms with Crippen molar-refractivity contribution in [1.82, 2.24) is 5.32 Å². The monoisotopic (exact) mass is 285 g/mol. The van der Waals surface area contributed by atoms with Gasteiger partial charge in [0.15, 0.2) is 0 Å². The summed E-state index contributed by atoms with van der Waals surface area (Å²) in [6.07, 6.45) is 0. The molecule has 0 saturated heterocycles. The molecule has 2 N–H and O–H groups in total. The topological polar surface area (TPSA) is 58.6 Å². The van der Waals surface area contributed by atoms with E-state index in [9.17, 15) is 9.90 Å². The van der Waals surface area contributed by atoms with Crippen molar-refractivity contribution >= 4 is 5.97 Å². The lowest BCUT2D eigenvalue weighted by atomic mass is 10.1. The van der Waals surface area contributed by atoms with Crippen LogP contribution in [0.3, 0.4) is 0 Å². The van der Waals surface area contributed by atoms with Crippen molar-refractivity contribution in [1.29, 1.82) is 0 Å². The molecule has 0 spiro atoms. The molecule has 0 radical (unpaired) electrons. The third-order valence-electron chi connectivity index (χ3n) is 3.35. The number of carbonyl (C=O) groups is 1. The molecule has 1 atom stereocenters. The molecule has 2 aromatic carbocycles. The first kappa shape index (κ1) is 15.1. The van der Waals surface area contributed by atoms with Crippen LogP contribution >= 0.6 is 0 Å². The number of aliphatic carboxylic acids is 1. The van der Waals surface area contributed by atoms with E-state index in [0.717, 1.165) is 22.4 Å². The summed E-state index contributed by atoms with van der Waals surface area (Å²) in [5.74, 6) is -0.0528. The maximum absolute atomic E-state index is 11.4. The highest BCUT2D eigenvalue weighted by molar-refractivity contribution is 5.75. The van der Waals surface area contributed by atoms with Gasteiger partial charge in [-0.1, -0.05) is 42.5 Å². The zero-order valence-corrected chi connectivity index (χ0v) is 12.2. The molecular formula is C17H19NO3. The summed E-state index contributed by atoms with van der Waals surface area (Å²) in [6.45, 7) is 2.45. The van der Waals surface area contributed by atoms with Crippen molar-refractivity contribution < 1.29 is 14.6 Å². The molecule has 0 aromatic heterocycles.